The average Bonchev–Trinajstić information content (AvgIpc) is 3.44. The molecule has 3 N–H and O–H groups in total. The summed E-state index contributed by atoms with van der Waals surface area (Å²) in [6, 6.07) is 23.0. The fraction of sp³-hybridized carbons (Fsp3) is 0.395. The summed E-state index contributed by atoms with van der Waals surface area (Å²) in [6.07, 6.45) is 3.42. The van der Waals surface area contributed by atoms with Crippen LogP contribution in [0.25, 0.3) is 11.0 Å². The molecule has 0 saturated heterocycles. The van der Waals surface area contributed by atoms with E-state index < -0.39 is 14.4 Å². The molecule has 13 heteroatoms. The number of amides is 1. The summed E-state index contributed by atoms with van der Waals surface area (Å²) >= 11 is 0. The maximum atomic E-state index is 12.3. The maximum Gasteiger partial charge on any atom is 0.413 e. The van der Waals surface area contributed by atoms with E-state index in [4.69, 9.17) is 24.0 Å². The molecule has 0 unspecified atom stereocenters. The molecule has 3 aromatic heterocycles. The topological polar surface area (TPSA) is 146 Å². The van der Waals surface area contributed by atoms with E-state index in [-0.39, 0.29) is 30.2 Å². The van der Waals surface area contributed by atoms with Crippen molar-refractivity contribution in [3.05, 3.63) is 89.9 Å². The number of aliphatic hydroxyl groups is 1. The number of pyridine rings is 1. The van der Waals surface area contributed by atoms with Crippen molar-refractivity contribution in [2.24, 2.45) is 0 Å². The molecule has 0 bridgehead atoms. The van der Waals surface area contributed by atoms with Gasteiger partial charge in [-0.15, -0.1) is 0 Å². The van der Waals surface area contributed by atoms with Gasteiger partial charge < -0.3 is 24.3 Å². The summed E-state index contributed by atoms with van der Waals surface area (Å²) in [5, 5.41) is 23.1. The van der Waals surface area contributed by atoms with E-state index in [0.717, 1.165) is 12.8 Å². The lowest BCUT2D eigenvalue weighted by Crippen LogP contribution is -2.66. The minimum Gasteiger partial charge on any atom is -0.495 e. The van der Waals surface area contributed by atoms with Crippen molar-refractivity contribution in [2.45, 2.75) is 78.1 Å². The Morgan fingerprint density at radius 3 is 2.24 bits per heavy atom. The molecule has 5 rings (SSSR count). The van der Waals surface area contributed by atoms with E-state index in [1.54, 1.807) is 24.1 Å². The third kappa shape index (κ3) is 8.22. The normalized spacial score (nSPS) is 12.5. The zero-order chi connectivity index (χ0) is 36.6. The van der Waals surface area contributed by atoms with Gasteiger partial charge in [0, 0.05) is 18.8 Å². The van der Waals surface area contributed by atoms with Crippen LogP contribution in [0.15, 0.2) is 72.9 Å². The molecule has 5 aromatic rings. The van der Waals surface area contributed by atoms with Crippen LogP contribution in [0.4, 0.5) is 16.6 Å². The summed E-state index contributed by atoms with van der Waals surface area (Å²) < 4.78 is 19.5. The highest BCUT2D eigenvalue weighted by atomic mass is 28.4. The Bertz CT molecular complexity index is 1880. The first-order valence-corrected chi connectivity index (χ1v) is 19.2. The molecule has 1 atom stereocenters. The highest BCUT2D eigenvalue weighted by Crippen LogP contribution is 2.37. The monoisotopic (exact) mass is 711 g/mol. The van der Waals surface area contributed by atoms with Gasteiger partial charge in [0.2, 0.25) is 5.95 Å². The van der Waals surface area contributed by atoms with Crippen LogP contribution in [0.5, 0.6) is 5.75 Å². The number of nitrogens with zero attached hydrogens (tertiary/aromatic N) is 5. The second kappa shape index (κ2) is 16.4. The number of nitrogens with one attached hydrogen (secondary N) is 2. The molecule has 1 amide bonds. The molecule has 0 aliphatic rings. The molecule has 3 heterocycles. The van der Waals surface area contributed by atoms with E-state index in [0.29, 0.717) is 52.6 Å². The van der Waals surface area contributed by atoms with Crippen LogP contribution >= 0.6 is 0 Å². The number of rotatable bonds is 15. The first-order chi connectivity index (χ1) is 24.5. The van der Waals surface area contributed by atoms with E-state index in [2.05, 4.69) is 96.8 Å². The Balaban J connectivity index is 1.51. The van der Waals surface area contributed by atoms with Gasteiger partial charge in [0.15, 0.2) is 5.82 Å². The standard InChI is InChI=1S/C38H49N7O5Si/c1-8-15-28(20-21-50-51(38(3,4)5,29-16-11-9-12-17-29)30-18-13-10-14-19-30)40-35-34-33(41-36(42-35)43-37(47)49-7)26(2)44-45(34)24-31-32(48-6)22-27(25-46)23-39-31/h9-14,16-19,22-23,28,46H,8,15,20-21,24-25H2,1-7H3,(H2,40,41,42,43,47)/t28-/m0/s1. The molecule has 0 fully saturated rings. The van der Waals surface area contributed by atoms with Gasteiger partial charge in [0.05, 0.1) is 33.1 Å². The lowest BCUT2D eigenvalue weighted by atomic mass is 10.1. The first kappa shape index (κ1) is 37.4. The fourth-order valence-electron chi connectivity index (χ4n) is 6.63. The molecular weight excluding hydrogens is 663 g/mol. The predicted octanol–water partition coefficient (Wildman–Crippen LogP) is 5.80. The summed E-state index contributed by atoms with van der Waals surface area (Å²) in [6.45, 7) is 11.5. The number of benzene rings is 2. The third-order valence-corrected chi connectivity index (χ3v) is 14.1. The second-order valence-corrected chi connectivity index (χ2v) is 17.8. The van der Waals surface area contributed by atoms with Crippen molar-refractivity contribution in [3.8, 4) is 5.75 Å². The van der Waals surface area contributed by atoms with E-state index in [1.165, 1.54) is 17.5 Å². The van der Waals surface area contributed by atoms with Gasteiger partial charge in [-0.3, -0.25) is 15.0 Å². The van der Waals surface area contributed by atoms with Crippen LogP contribution in [0.2, 0.25) is 5.04 Å². The van der Waals surface area contributed by atoms with Crippen LogP contribution in [0, 0.1) is 6.92 Å². The number of hydrogen-bond acceptors (Lipinski definition) is 10. The highest BCUT2D eigenvalue weighted by Gasteiger charge is 2.50. The third-order valence-electron chi connectivity index (χ3n) is 9.02. The summed E-state index contributed by atoms with van der Waals surface area (Å²) in [4.78, 5) is 26.2. The van der Waals surface area contributed by atoms with Crippen molar-refractivity contribution < 1.29 is 23.8 Å². The summed E-state index contributed by atoms with van der Waals surface area (Å²) in [5.41, 5.74) is 3.15. The number of aryl methyl sites for hydroxylation is 1. The zero-order valence-corrected chi connectivity index (χ0v) is 31.6. The predicted molar refractivity (Wildman–Crippen MR) is 202 cm³/mol. The Kier molecular flexibility index (Phi) is 12.1. The van der Waals surface area contributed by atoms with Crippen LogP contribution in [-0.4, -0.2) is 71.1 Å². The minimum absolute atomic E-state index is 0.0301. The molecular formula is C38H49N7O5Si. The summed E-state index contributed by atoms with van der Waals surface area (Å²) in [5.74, 6) is 1.15. The number of fused-ring (bicyclic) bond motifs is 1. The lowest BCUT2D eigenvalue weighted by Gasteiger charge is -2.43. The van der Waals surface area contributed by atoms with Crippen LogP contribution in [0.3, 0.4) is 0 Å². The SMILES string of the molecule is CCC[C@@H](CCO[Si](c1ccccc1)(c1ccccc1)C(C)(C)C)Nc1nc(NC(=O)OC)nc2c(C)nn(Cc3ncc(CO)cc3OC)c12. The molecule has 0 aliphatic heterocycles. The summed E-state index contributed by atoms with van der Waals surface area (Å²) in [7, 11) is 0.127. The van der Waals surface area contributed by atoms with Crippen molar-refractivity contribution in [1.82, 2.24) is 24.7 Å². The van der Waals surface area contributed by atoms with Crippen molar-refractivity contribution in [1.29, 1.82) is 0 Å². The largest absolute Gasteiger partial charge is 0.495 e. The Labute approximate surface area is 300 Å². The van der Waals surface area contributed by atoms with E-state index >= 15 is 0 Å². The fourth-order valence-corrected chi connectivity index (χ4v) is 11.2. The molecule has 0 aliphatic carbocycles. The molecule has 2 aromatic carbocycles. The number of aliphatic hydroxyl groups excluding tert-OH is 1. The van der Waals surface area contributed by atoms with Crippen LogP contribution in [-0.2, 0) is 22.3 Å². The molecule has 0 spiro atoms. The smallest absolute Gasteiger partial charge is 0.413 e. The van der Waals surface area contributed by atoms with Gasteiger partial charge in [-0.1, -0.05) is 94.8 Å². The van der Waals surface area contributed by atoms with Crippen molar-refractivity contribution in [3.63, 3.8) is 0 Å². The number of anilines is 2. The Hall–Kier alpha value is -4.85. The molecule has 270 valence electrons. The Morgan fingerprint density at radius 1 is 1.00 bits per heavy atom. The minimum atomic E-state index is -2.73. The maximum absolute atomic E-state index is 12.3. The van der Waals surface area contributed by atoms with Crippen LogP contribution < -0.4 is 25.7 Å². The Morgan fingerprint density at radius 2 is 1.67 bits per heavy atom. The molecule has 12 nitrogen and oxygen atoms in total. The molecule has 0 saturated carbocycles. The number of carbonyl (C=O) groups is 1. The number of aromatic nitrogens is 5. The highest BCUT2D eigenvalue weighted by molar-refractivity contribution is 6.99. The molecule has 0 radical (unpaired) electrons. The first-order valence-electron chi connectivity index (χ1n) is 17.3. The number of methoxy groups -OCH3 is 2. The van der Waals surface area contributed by atoms with Gasteiger partial charge in [-0.25, -0.2) is 9.78 Å². The van der Waals surface area contributed by atoms with Gasteiger partial charge in [-0.05, 0) is 46.8 Å². The van der Waals surface area contributed by atoms with Gasteiger partial charge in [0.25, 0.3) is 8.32 Å². The van der Waals surface area contributed by atoms with Gasteiger partial charge in [-0.2, -0.15) is 10.1 Å². The van der Waals surface area contributed by atoms with Crippen molar-refractivity contribution in [2.75, 3.05) is 31.5 Å². The quantitative estimate of drug-likeness (QED) is 0.114. The number of carbonyl (C=O) groups excluding carboxylic acids is 1. The average molecular weight is 712 g/mol. The van der Waals surface area contributed by atoms with E-state index in [9.17, 15) is 9.90 Å². The number of ether oxygens (including phenoxy) is 2. The van der Waals surface area contributed by atoms with Gasteiger partial charge >= 0.3 is 6.09 Å². The number of hydrogen-bond donors (Lipinski definition) is 3. The second-order valence-electron chi connectivity index (χ2n) is 13.5. The lowest BCUT2D eigenvalue weighted by molar-refractivity contribution is 0.186. The van der Waals surface area contributed by atoms with Gasteiger partial charge in [0.1, 0.15) is 22.5 Å². The van der Waals surface area contributed by atoms with Crippen molar-refractivity contribution >= 4 is 47.6 Å². The zero-order valence-electron chi connectivity index (χ0n) is 30.6. The van der Waals surface area contributed by atoms with Crippen LogP contribution in [0.1, 0.15) is 63.9 Å². The molecule has 51 heavy (non-hydrogen) atoms. The van der Waals surface area contributed by atoms with E-state index in [1.807, 2.05) is 19.1 Å².